The maximum atomic E-state index is 12.0. The van der Waals surface area contributed by atoms with Gasteiger partial charge in [-0.1, -0.05) is 29.8 Å². The molecular weight excluding hydrogens is 403 g/mol. The summed E-state index contributed by atoms with van der Waals surface area (Å²) in [5.41, 5.74) is 3.72. The standard InChI is InChI=1S/C15H12ClIN2O2/c1-21-14-7-6-10(8-13(14)17)15(20)19-18-9-11-4-2-3-5-12(11)16/h2-9H,1H3,(H,19,20)/b18-9-. The molecule has 0 heterocycles. The molecule has 0 bridgehead atoms. The first-order valence-corrected chi connectivity index (χ1v) is 7.49. The van der Waals surface area contributed by atoms with Gasteiger partial charge in [0.05, 0.1) is 16.9 Å². The molecule has 0 radical (unpaired) electrons. The third kappa shape index (κ3) is 4.18. The first-order valence-electron chi connectivity index (χ1n) is 6.03. The molecule has 0 unspecified atom stereocenters. The predicted molar refractivity (Wildman–Crippen MR) is 92.2 cm³/mol. The molecule has 0 aliphatic carbocycles. The van der Waals surface area contributed by atoms with Gasteiger partial charge in [-0.3, -0.25) is 4.79 Å². The highest BCUT2D eigenvalue weighted by Crippen LogP contribution is 2.21. The predicted octanol–water partition coefficient (Wildman–Crippen LogP) is 3.72. The summed E-state index contributed by atoms with van der Waals surface area (Å²) in [6.07, 6.45) is 1.51. The Morgan fingerprint density at radius 2 is 2.10 bits per heavy atom. The summed E-state index contributed by atoms with van der Waals surface area (Å²) in [5, 5.41) is 4.49. The van der Waals surface area contributed by atoms with Crippen LogP contribution in [0.3, 0.4) is 0 Å². The van der Waals surface area contributed by atoms with E-state index >= 15 is 0 Å². The minimum absolute atomic E-state index is 0.293. The van der Waals surface area contributed by atoms with Crippen molar-refractivity contribution in [1.29, 1.82) is 0 Å². The number of rotatable bonds is 4. The average Bonchev–Trinajstić information content (AvgIpc) is 2.49. The summed E-state index contributed by atoms with van der Waals surface area (Å²) < 4.78 is 6.01. The highest BCUT2D eigenvalue weighted by Gasteiger charge is 2.07. The molecule has 108 valence electrons. The van der Waals surface area contributed by atoms with Gasteiger partial charge in [-0.2, -0.15) is 5.10 Å². The van der Waals surface area contributed by atoms with Crippen LogP contribution in [0.4, 0.5) is 0 Å². The number of benzene rings is 2. The fourth-order valence-corrected chi connectivity index (χ4v) is 2.53. The molecule has 0 aromatic heterocycles. The zero-order valence-electron chi connectivity index (χ0n) is 11.1. The van der Waals surface area contributed by atoms with Crippen molar-refractivity contribution in [3.63, 3.8) is 0 Å². The fraction of sp³-hybridized carbons (Fsp3) is 0.0667. The van der Waals surface area contributed by atoms with Crippen LogP contribution >= 0.6 is 34.2 Å². The van der Waals surface area contributed by atoms with Crippen LogP contribution in [0.1, 0.15) is 15.9 Å². The SMILES string of the molecule is COc1ccc(C(=O)N/N=C\c2ccccc2Cl)cc1I. The van der Waals surface area contributed by atoms with Crippen LogP contribution in [0, 0.1) is 3.57 Å². The molecule has 2 aromatic carbocycles. The first kappa shape index (κ1) is 15.8. The Labute approximate surface area is 141 Å². The Hall–Kier alpha value is -1.60. The number of hydrogen-bond acceptors (Lipinski definition) is 3. The van der Waals surface area contributed by atoms with E-state index in [0.717, 1.165) is 14.9 Å². The molecule has 4 nitrogen and oxygen atoms in total. The molecule has 0 saturated heterocycles. The number of halogens is 2. The van der Waals surface area contributed by atoms with Crippen molar-refractivity contribution in [3.8, 4) is 5.75 Å². The van der Waals surface area contributed by atoms with E-state index in [1.54, 1.807) is 31.4 Å². The monoisotopic (exact) mass is 414 g/mol. The van der Waals surface area contributed by atoms with Crippen molar-refractivity contribution in [1.82, 2.24) is 5.43 Å². The number of nitrogens with zero attached hydrogens (tertiary/aromatic N) is 1. The van der Waals surface area contributed by atoms with Crippen LogP contribution in [0.5, 0.6) is 5.75 Å². The molecule has 1 N–H and O–H groups in total. The molecule has 2 rings (SSSR count). The van der Waals surface area contributed by atoms with Crippen LogP contribution in [0.2, 0.25) is 5.02 Å². The second kappa shape index (κ2) is 7.42. The first-order chi connectivity index (χ1) is 10.1. The summed E-state index contributed by atoms with van der Waals surface area (Å²) in [6, 6.07) is 12.4. The van der Waals surface area contributed by atoms with E-state index in [1.165, 1.54) is 6.21 Å². The highest BCUT2D eigenvalue weighted by atomic mass is 127. The van der Waals surface area contributed by atoms with Gasteiger partial charge in [0, 0.05) is 16.1 Å². The molecule has 6 heteroatoms. The topological polar surface area (TPSA) is 50.7 Å². The van der Waals surface area contributed by atoms with Gasteiger partial charge in [0.2, 0.25) is 0 Å². The van der Waals surface area contributed by atoms with Gasteiger partial charge in [0.15, 0.2) is 0 Å². The van der Waals surface area contributed by atoms with Crippen molar-refractivity contribution in [3.05, 3.63) is 62.2 Å². The molecule has 0 fully saturated rings. The number of hydrazone groups is 1. The Balaban J connectivity index is 2.05. The van der Waals surface area contributed by atoms with E-state index in [-0.39, 0.29) is 5.91 Å². The molecular formula is C15H12ClIN2O2. The van der Waals surface area contributed by atoms with Crippen molar-refractivity contribution in [2.75, 3.05) is 7.11 Å². The Morgan fingerprint density at radius 3 is 2.76 bits per heavy atom. The summed E-state index contributed by atoms with van der Waals surface area (Å²) in [7, 11) is 1.59. The lowest BCUT2D eigenvalue weighted by molar-refractivity contribution is 0.0955. The van der Waals surface area contributed by atoms with Gasteiger partial charge in [-0.05, 0) is 46.9 Å². The van der Waals surface area contributed by atoms with E-state index in [0.29, 0.717) is 10.6 Å². The zero-order valence-corrected chi connectivity index (χ0v) is 14.1. The van der Waals surface area contributed by atoms with E-state index < -0.39 is 0 Å². The Kier molecular flexibility index (Phi) is 5.58. The summed E-state index contributed by atoms with van der Waals surface area (Å²) >= 11 is 8.10. The molecule has 0 atom stereocenters. The minimum Gasteiger partial charge on any atom is -0.496 e. The van der Waals surface area contributed by atoms with Crippen LogP contribution in [-0.2, 0) is 0 Å². The van der Waals surface area contributed by atoms with Gasteiger partial charge in [0.25, 0.3) is 5.91 Å². The third-order valence-corrected chi connectivity index (χ3v) is 3.88. The minimum atomic E-state index is -0.293. The molecule has 21 heavy (non-hydrogen) atoms. The number of carbonyl (C=O) groups is 1. The number of amides is 1. The molecule has 0 aliphatic heterocycles. The summed E-state index contributed by atoms with van der Waals surface area (Å²) in [4.78, 5) is 12.0. The van der Waals surface area contributed by atoms with E-state index in [4.69, 9.17) is 16.3 Å². The zero-order chi connectivity index (χ0) is 15.2. The number of nitrogens with one attached hydrogen (secondary N) is 1. The van der Waals surface area contributed by atoms with Crippen molar-refractivity contribution >= 4 is 46.3 Å². The van der Waals surface area contributed by atoms with Gasteiger partial charge in [0.1, 0.15) is 5.75 Å². The smallest absolute Gasteiger partial charge is 0.271 e. The second-order valence-electron chi connectivity index (χ2n) is 4.07. The maximum Gasteiger partial charge on any atom is 0.271 e. The maximum absolute atomic E-state index is 12.0. The van der Waals surface area contributed by atoms with E-state index in [2.05, 4.69) is 33.1 Å². The number of carbonyl (C=O) groups excluding carboxylic acids is 1. The van der Waals surface area contributed by atoms with Crippen molar-refractivity contribution in [2.45, 2.75) is 0 Å². The Bertz CT molecular complexity index is 689. The third-order valence-electron chi connectivity index (χ3n) is 2.69. The molecule has 0 spiro atoms. The van der Waals surface area contributed by atoms with Crippen LogP contribution in [0.15, 0.2) is 47.6 Å². The molecule has 1 amide bonds. The number of ether oxygens (including phenoxy) is 1. The fourth-order valence-electron chi connectivity index (χ4n) is 1.61. The highest BCUT2D eigenvalue weighted by molar-refractivity contribution is 14.1. The van der Waals surface area contributed by atoms with Gasteiger partial charge >= 0.3 is 0 Å². The Morgan fingerprint density at radius 1 is 1.33 bits per heavy atom. The normalized spacial score (nSPS) is 10.6. The van der Waals surface area contributed by atoms with Gasteiger partial charge in [-0.25, -0.2) is 5.43 Å². The van der Waals surface area contributed by atoms with Crippen molar-refractivity contribution in [2.24, 2.45) is 5.10 Å². The number of methoxy groups -OCH3 is 1. The molecule has 0 saturated carbocycles. The van der Waals surface area contributed by atoms with Crippen LogP contribution in [-0.4, -0.2) is 19.2 Å². The van der Waals surface area contributed by atoms with Crippen LogP contribution in [0.25, 0.3) is 0 Å². The van der Waals surface area contributed by atoms with E-state index in [9.17, 15) is 4.79 Å². The summed E-state index contributed by atoms with van der Waals surface area (Å²) in [5.74, 6) is 0.436. The average molecular weight is 415 g/mol. The van der Waals surface area contributed by atoms with Gasteiger partial charge in [-0.15, -0.1) is 0 Å². The molecule has 2 aromatic rings. The quantitative estimate of drug-likeness (QED) is 0.471. The second-order valence-corrected chi connectivity index (χ2v) is 5.64. The lowest BCUT2D eigenvalue weighted by Crippen LogP contribution is -2.17. The summed E-state index contributed by atoms with van der Waals surface area (Å²) in [6.45, 7) is 0. The lowest BCUT2D eigenvalue weighted by atomic mass is 10.2. The number of hydrogen-bond donors (Lipinski definition) is 1. The lowest BCUT2D eigenvalue weighted by Gasteiger charge is -2.05. The molecule has 0 aliphatic rings. The van der Waals surface area contributed by atoms with Crippen molar-refractivity contribution < 1.29 is 9.53 Å². The largest absolute Gasteiger partial charge is 0.496 e. The van der Waals surface area contributed by atoms with Gasteiger partial charge < -0.3 is 4.74 Å². The van der Waals surface area contributed by atoms with E-state index in [1.807, 2.05) is 18.2 Å². The van der Waals surface area contributed by atoms with Crippen LogP contribution < -0.4 is 10.2 Å².